The van der Waals surface area contributed by atoms with Crippen molar-refractivity contribution in [1.82, 2.24) is 20.9 Å². The normalized spacial score (nSPS) is 30.0. The third kappa shape index (κ3) is 3.63. The monoisotopic (exact) mass is 528 g/mol. The molecule has 1 spiro atoms. The number of imide groups is 1. The Morgan fingerprint density at radius 2 is 1.89 bits per heavy atom. The first-order chi connectivity index (χ1) is 17.7. The van der Waals surface area contributed by atoms with Gasteiger partial charge in [0.1, 0.15) is 12.1 Å². The van der Waals surface area contributed by atoms with E-state index in [0.717, 1.165) is 16.0 Å². The Bertz CT molecular complexity index is 1280. The predicted octanol–water partition coefficient (Wildman–Crippen LogP) is -4.40. The average molecular weight is 529 g/mol. The van der Waals surface area contributed by atoms with Crippen molar-refractivity contribution < 1.29 is 34.2 Å². The van der Waals surface area contributed by atoms with E-state index in [1.165, 1.54) is 4.58 Å². The molecule has 0 aliphatic carbocycles. The van der Waals surface area contributed by atoms with E-state index in [2.05, 4.69) is 41.7 Å². The molecular weight excluding hydrogens is 492 g/mol. The smallest absolute Gasteiger partial charge is 0.347 e. The minimum atomic E-state index is -2.57. The van der Waals surface area contributed by atoms with Crippen molar-refractivity contribution in [2.45, 2.75) is 75.5 Å². The Hall–Kier alpha value is -3.71. The van der Waals surface area contributed by atoms with Crippen molar-refractivity contribution in [2.24, 2.45) is 11.5 Å². The number of benzene rings is 1. The molecule has 1 unspecified atom stereocenters. The van der Waals surface area contributed by atoms with Gasteiger partial charge >= 0.3 is 11.9 Å². The highest BCUT2D eigenvalue weighted by atomic mass is 16.5. The molecule has 10 N–H and O–H groups in total. The minimum absolute atomic E-state index is 0.0491. The lowest BCUT2D eigenvalue weighted by atomic mass is 9.82. The summed E-state index contributed by atoms with van der Waals surface area (Å²) in [4.78, 5) is 42.2. The third-order valence-corrected chi connectivity index (χ3v) is 8.18. The lowest BCUT2D eigenvalue weighted by molar-refractivity contribution is -0.674. The Kier molecular flexibility index (Phi) is 5.73. The summed E-state index contributed by atoms with van der Waals surface area (Å²) in [5.74, 6) is -3.49. The molecule has 0 radical (unpaired) electrons. The molecule has 4 heterocycles. The van der Waals surface area contributed by atoms with Crippen LogP contribution in [0, 0.1) is 6.92 Å². The van der Waals surface area contributed by atoms with Gasteiger partial charge in [-0.3, -0.25) is 41.1 Å². The highest BCUT2D eigenvalue weighted by molar-refractivity contribution is 6.02. The van der Waals surface area contributed by atoms with Gasteiger partial charge < -0.3 is 15.5 Å². The first-order valence-corrected chi connectivity index (χ1v) is 12.7. The van der Waals surface area contributed by atoms with Crippen LogP contribution in [0.5, 0.6) is 0 Å². The molecule has 4 atom stereocenters. The topological polar surface area (TPSA) is 200 Å². The number of guanidine groups is 2. The van der Waals surface area contributed by atoms with E-state index in [-0.39, 0.29) is 55.1 Å². The Morgan fingerprint density at radius 1 is 1.24 bits per heavy atom. The van der Waals surface area contributed by atoms with Gasteiger partial charge in [0, 0.05) is 18.4 Å². The van der Waals surface area contributed by atoms with Gasteiger partial charge in [0.25, 0.3) is 17.4 Å². The van der Waals surface area contributed by atoms with E-state index in [0.29, 0.717) is 5.56 Å². The number of nitrogens with zero attached hydrogens (tertiary/aromatic N) is 2. The van der Waals surface area contributed by atoms with Crippen LogP contribution in [0.1, 0.15) is 55.1 Å². The zero-order valence-corrected chi connectivity index (χ0v) is 22.0. The summed E-state index contributed by atoms with van der Waals surface area (Å²) in [5.41, 5.74) is 12.8. The van der Waals surface area contributed by atoms with Crippen molar-refractivity contribution in [3.05, 3.63) is 34.9 Å². The number of hydrogen-bond donors (Lipinski definition) is 8. The van der Waals surface area contributed by atoms with Crippen LogP contribution < -0.4 is 32.4 Å². The summed E-state index contributed by atoms with van der Waals surface area (Å²) in [6, 6.07) is 2.76. The molecule has 3 amide bonds. The lowest BCUT2D eigenvalue weighted by Gasteiger charge is -2.41. The maximum atomic E-state index is 13.4. The van der Waals surface area contributed by atoms with Crippen LogP contribution in [0.3, 0.4) is 0 Å². The van der Waals surface area contributed by atoms with Crippen LogP contribution in [0.25, 0.3) is 0 Å². The molecule has 4 aliphatic rings. The minimum Gasteiger partial charge on any atom is -0.358 e. The van der Waals surface area contributed by atoms with Crippen LogP contribution >= 0.6 is 0 Å². The van der Waals surface area contributed by atoms with Crippen molar-refractivity contribution in [1.29, 1.82) is 0 Å². The number of carbonyl (C=O) groups excluding carboxylic acids is 3. The fourth-order valence-corrected chi connectivity index (χ4v) is 6.35. The van der Waals surface area contributed by atoms with Gasteiger partial charge in [0.15, 0.2) is 6.04 Å². The van der Waals surface area contributed by atoms with Gasteiger partial charge in [-0.25, -0.2) is 9.89 Å². The molecule has 0 aromatic heterocycles. The molecule has 13 heteroatoms. The van der Waals surface area contributed by atoms with E-state index >= 15 is 0 Å². The van der Waals surface area contributed by atoms with E-state index in [1.54, 1.807) is 12.1 Å². The van der Waals surface area contributed by atoms with Crippen LogP contribution in [0.4, 0.5) is 0 Å². The second-order valence-electron chi connectivity index (χ2n) is 11.6. The summed E-state index contributed by atoms with van der Waals surface area (Å²) < 4.78 is 1.51. The number of nitrogens with two attached hydrogens (primary N) is 2. The fraction of sp³-hybridized carbons (Fsp3) is 0.560. The lowest BCUT2D eigenvalue weighted by Crippen LogP contribution is -2.92. The highest BCUT2D eigenvalue weighted by Crippen LogP contribution is 2.38. The molecule has 0 saturated carbocycles. The Morgan fingerprint density at radius 3 is 2.53 bits per heavy atom. The second kappa shape index (κ2) is 8.40. The maximum Gasteiger partial charge on any atom is 0.347 e. The number of rotatable bonds is 4. The van der Waals surface area contributed by atoms with Crippen molar-refractivity contribution in [2.75, 3.05) is 13.1 Å². The molecule has 0 bridgehead atoms. The molecular formula is C25H36N8O5+2. The molecule has 1 aromatic rings. The zero-order valence-electron chi connectivity index (χ0n) is 22.0. The quantitative estimate of drug-likeness (QED) is 0.108. The van der Waals surface area contributed by atoms with Crippen LogP contribution in [0.2, 0.25) is 0 Å². The third-order valence-electron chi connectivity index (χ3n) is 8.18. The summed E-state index contributed by atoms with van der Waals surface area (Å²) >= 11 is 0. The zero-order chi connectivity index (χ0) is 27.8. The maximum absolute atomic E-state index is 13.4. The van der Waals surface area contributed by atoms with Crippen molar-refractivity contribution in [3.8, 4) is 0 Å². The van der Waals surface area contributed by atoms with Gasteiger partial charge in [-0.1, -0.05) is 32.9 Å². The van der Waals surface area contributed by atoms with Crippen LogP contribution in [0.15, 0.2) is 18.2 Å². The fourth-order valence-electron chi connectivity index (χ4n) is 6.35. The van der Waals surface area contributed by atoms with Gasteiger partial charge in [-0.2, -0.15) is 0 Å². The number of amides is 3. The highest BCUT2D eigenvalue weighted by Gasteiger charge is 2.78. The Labute approximate surface area is 220 Å². The molecule has 2 fully saturated rings. The number of carbonyl (C=O) groups is 3. The van der Waals surface area contributed by atoms with Crippen LogP contribution in [-0.4, -0.2) is 92.0 Å². The van der Waals surface area contributed by atoms with Gasteiger partial charge in [0.05, 0.1) is 13.1 Å². The summed E-state index contributed by atoms with van der Waals surface area (Å²) in [5, 5.41) is 32.1. The number of hydrogen-bond acceptors (Lipinski definition) is 9. The number of nitrogens with one attached hydrogen (secondary N) is 4. The molecule has 2 saturated heterocycles. The predicted molar refractivity (Wildman–Crippen MR) is 135 cm³/mol. The molecule has 13 nitrogen and oxygen atoms in total. The van der Waals surface area contributed by atoms with Gasteiger partial charge in [0.2, 0.25) is 11.8 Å². The molecule has 4 aliphatic heterocycles. The summed E-state index contributed by atoms with van der Waals surface area (Å²) in [6.07, 6.45) is 0.251. The standard InChI is InChI=1S/C25H34N8O5/c1-12-13(6-5-7-14(12)23(2,3)4)20(36)29-16-11-33-22(27)28-15(10-32-17(34)8-9-18(32)35)19-24(33,25(16,37)38)31-21(26)30-19/h5-7,15-16,19,37-38H,8-11H2,1-4H3,(H6,26,27,28,29,30,31,36)/p+2/t15-,16?,19-,24-/m0/s1. The average Bonchev–Trinajstić information content (AvgIpc) is 3.41. The van der Waals surface area contributed by atoms with Crippen LogP contribution in [-0.2, 0) is 15.0 Å². The molecule has 1 aromatic carbocycles. The van der Waals surface area contributed by atoms with E-state index in [1.807, 2.05) is 13.0 Å². The first kappa shape index (κ1) is 25.9. The SMILES string of the molecule is Cc1c(C(=O)NC2C[N+]3=C(N)N[C@@H](CN4C(=O)CCC4=O)[C@@H]4[NH+]=C(N)N[C@@]43C2(O)O)cccc1C(C)(C)C. The van der Waals surface area contributed by atoms with E-state index in [9.17, 15) is 24.6 Å². The van der Waals surface area contributed by atoms with Gasteiger partial charge in [-0.05, 0) is 29.5 Å². The molecule has 204 valence electrons. The molecule has 38 heavy (non-hydrogen) atoms. The van der Waals surface area contributed by atoms with Crippen molar-refractivity contribution in [3.63, 3.8) is 0 Å². The van der Waals surface area contributed by atoms with Gasteiger partial charge in [-0.15, -0.1) is 0 Å². The summed E-state index contributed by atoms with van der Waals surface area (Å²) in [6.45, 7) is 7.94. The number of aliphatic hydroxyl groups is 2. The molecule has 5 rings (SSSR count). The van der Waals surface area contributed by atoms with Crippen molar-refractivity contribution >= 4 is 29.6 Å². The van der Waals surface area contributed by atoms with E-state index < -0.39 is 35.5 Å². The first-order valence-electron chi connectivity index (χ1n) is 12.7. The summed E-state index contributed by atoms with van der Waals surface area (Å²) in [7, 11) is 0. The Balaban J connectivity index is 1.47. The number of likely N-dealkylation sites (tertiary alicyclic amines) is 1. The largest absolute Gasteiger partial charge is 0.358 e. The van der Waals surface area contributed by atoms with E-state index in [4.69, 9.17) is 11.5 Å². The second-order valence-corrected chi connectivity index (χ2v) is 11.6.